The first-order valence-electron chi connectivity index (χ1n) is 11.5. The van der Waals surface area contributed by atoms with Crippen LogP contribution in [0.15, 0.2) is 77.7 Å². The van der Waals surface area contributed by atoms with Gasteiger partial charge in [-0.1, -0.05) is 53.3 Å². The normalized spacial score (nSPS) is 16.8. The fourth-order valence-corrected chi connectivity index (χ4v) is 6.99. The number of nitrogens with zero attached hydrogens (tertiary/aromatic N) is 3. The topological polar surface area (TPSA) is 70.6 Å². The van der Waals surface area contributed by atoms with Crippen LogP contribution >= 0.6 is 22.9 Å². The first-order chi connectivity index (χ1) is 17.3. The van der Waals surface area contributed by atoms with Crippen LogP contribution in [-0.2, 0) is 21.4 Å². The third-order valence-electron chi connectivity index (χ3n) is 6.20. The van der Waals surface area contributed by atoms with Crippen molar-refractivity contribution in [1.29, 1.82) is 0 Å². The van der Waals surface area contributed by atoms with Crippen molar-refractivity contribution in [3.05, 3.63) is 89.2 Å². The summed E-state index contributed by atoms with van der Waals surface area (Å²) in [5.74, 6) is -1.10. The van der Waals surface area contributed by atoms with Crippen molar-refractivity contribution in [3.63, 3.8) is 0 Å². The number of carbonyl (C=O) groups is 1. The minimum Gasteiger partial charge on any atom is -0.283 e. The molecule has 1 amide bonds. The number of hydrogen-bond acceptors (Lipinski definition) is 5. The van der Waals surface area contributed by atoms with Gasteiger partial charge in [0, 0.05) is 18.1 Å². The van der Waals surface area contributed by atoms with E-state index in [9.17, 15) is 17.6 Å². The standard InChI is InChI=1S/C26H23ClFN3O3S2/c27-20-8-11-22(12-9-20)36(33,34)30-14-4-7-19(17-30)25(32)31(16-18-5-2-1-3-6-18)26-29-23-13-10-21(28)15-24(23)35-26/h1-3,5-6,8-13,15,19H,4,7,14,16-17H2. The minimum absolute atomic E-state index is 0.0780. The summed E-state index contributed by atoms with van der Waals surface area (Å²) in [6.45, 7) is 0.699. The summed E-state index contributed by atoms with van der Waals surface area (Å²) in [5.41, 5.74) is 1.52. The number of piperidine rings is 1. The van der Waals surface area contributed by atoms with E-state index >= 15 is 0 Å². The van der Waals surface area contributed by atoms with Gasteiger partial charge in [0.1, 0.15) is 5.82 Å². The molecule has 2 heterocycles. The summed E-state index contributed by atoms with van der Waals surface area (Å²) in [7, 11) is -3.77. The molecule has 1 aromatic heterocycles. The molecule has 0 aliphatic carbocycles. The van der Waals surface area contributed by atoms with Crippen LogP contribution in [0.2, 0.25) is 5.02 Å². The molecule has 1 aliphatic heterocycles. The Hall–Kier alpha value is -2.85. The highest BCUT2D eigenvalue weighted by atomic mass is 35.5. The molecule has 10 heteroatoms. The van der Waals surface area contributed by atoms with E-state index in [4.69, 9.17) is 11.6 Å². The van der Waals surface area contributed by atoms with E-state index < -0.39 is 15.9 Å². The number of benzene rings is 3. The van der Waals surface area contributed by atoms with Crippen LogP contribution in [0.4, 0.5) is 9.52 Å². The molecule has 1 fully saturated rings. The van der Waals surface area contributed by atoms with Crippen molar-refractivity contribution in [3.8, 4) is 0 Å². The van der Waals surface area contributed by atoms with Crippen LogP contribution in [0.25, 0.3) is 10.2 Å². The van der Waals surface area contributed by atoms with E-state index in [0.717, 1.165) is 5.56 Å². The monoisotopic (exact) mass is 543 g/mol. The Labute approximate surface area is 218 Å². The van der Waals surface area contributed by atoms with Crippen LogP contribution in [0.3, 0.4) is 0 Å². The Morgan fingerprint density at radius 2 is 1.86 bits per heavy atom. The number of amides is 1. The van der Waals surface area contributed by atoms with Gasteiger partial charge in [0.05, 0.1) is 27.6 Å². The summed E-state index contributed by atoms with van der Waals surface area (Å²) < 4.78 is 42.3. The van der Waals surface area contributed by atoms with Gasteiger partial charge >= 0.3 is 0 Å². The van der Waals surface area contributed by atoms with Crippen molar-refractivity contribution in [1.82, 2.24) is 9.29 Å². The van der Waals surface area contributed by atoms with Crippen molar-refractivity contribution in [2.45, 2.75) is 24.3 Å². The summed E-state index contributed by atoms with van der Waals surface area (Å²) in [5, 5.41) is 0.912. The molecule has 0 radical (unpaired) electrons. The number of carbonyl (C=O) groups excluding carboxylic acids is 1. The van der Waals surface area contributed by atoms with E-state index in [0.29, 0.717) is 39.8 Å². The van der Waals surface area contributed by atoms with E-state index in [1.807, 2.05) is 30.3 Å². The van der Waals surface area contributed by atoms with Gasteiger partial charge < -0.3 is 0 Å². The molecular weight excluding hydrogens is 521 g/mol. The van der Waals surface area contributed by atoms with E-state index in [1.165, 1.54) is 39.9 Å². The maximum Gasteiger partial charge on any atom is 0.243 e. The smallest absolute Gasteiger partial charge is 0.243 e. The number of thiazole rings is 1. The van der Waals surface area contributed by atoms with Gasteiger partial charge in [-0.2, -0.15) is 4.31 Å². The molecule has 36 heavy (non-hydrogen) atoms. The number of aromatic nitrogens is 1. The highest BCUT2D eigenvalue weighted by Gasteiger charge is 2.36. The molecule has 186 valence electrons. The molecule has 1 aliphatic rings. The van der Waals surface area contributed by atoms with Crippen molar-refractivity contribution >= 4 is 54.2 Å². The fourth-order valence-electron chi connectivity index (χ4n) is 4.35. The highest BCUT2D eigenvalue weighted by Crippen LogP contribution is 2.33. The van der Waals surface area contributed by atoms with Crippen LogP contribution in [0.1, 0.15) is 18.4 Å². The molecule has 0 N–H and O–H groups in total. The van der Waals surface area contributed by atoms with Gasteiger partial charge in [-0.15, -0.1) is 0 Å². The predicted molar refractivity (Wildman–Crippen MR) is 140 cm³/mol. The van der Waals surface area contributed by atoms with Gasteiger partial charge in [-0.05, 0) is 60.9 Å². The molecule has 1 unspecified atom stereocenters. The molecular formula is C26H23ClFN3O3S2. The van der Waals surface area contributed by atoms with E-state index in [2.05, 4.69) is 4.98 Å². The van der Waals surface area contributed by atoms with Gasteiger partial charge in [0.15, 0.2) is 5.13 Å². The summed E-state index contributed by atoms with van der Waals surface area (Å²) in [6.07, 6.45) is 1.13. The highest BCUT2D eigenvalue weighted by molar-refractivity contribution is 7.89. The molecule has 0 saturated carbocycles. The second-order valence-electron chi connectivity index (χ2n) is 8.67. The lowest BCUT2D eigenvalue weighted by Gasteiger charge is -2.33. The predicted octanol–water partition coefficient (Wildman–Crippen LogP) is 5.72. The first-order valence-corrected chi connectivity index (χ1v) is 14.1. The zero-order valence-electron chi connectivity index (χ0n) is 19.2. The van der Waals surface area contributed by atoms with Crippen LogP contribution in [0.5, 0.6) is 0 Å². The molecule has 1 saturated heterocycles. The van der Waals surface area contributed by atoms with Gasteiger partial charge in [0.2, 0.25) is 15.9 Å². The Morgan fingerprint density at radius 3 is 2.61 bits per heavy atom. The number of hydrogen-bond donors (Lipinski definition) is 0. The van der Waals surface area contributed by atoms with Gasteiger partial charge in [-0.25, -0.2) is 17.8 Å². The molecule has 1 atom stereocenters. The number of anilines is 1. The second kappa shape index (κ2) is 10.3. The molecule has 5 rings (SSSR count). The van der Waals surface area contributed by atoms with Gasteiger partial charge in [-0.3, -0.25) is 9.69 Å². The zero-order chi connectivity index (χ0) is 25.3. The van der Waals surface area contributed by atoms with Crippen molar-refractivity contribution in [2.24, 2.45) is 5.92 Å². The van der Waals surface area contributed by atoms with Crippen LogP contribution in [0, 0.1) is 11.7 Å². The van der Waals surface area contributed by atoms with Gasteiger partial charge in [0.25, 0.3) is 0 Å². The second-order valence-corrected chi connectivity index (χ2v) is 12.1. The summed E-state index contributed by atoms with van der Waals surface area (Å²) >= 11 is 7.17. The van der Waals surface area contributed by atoms with E-state index in [-0.39, 0.29) is 29.7 Å². The maximum absolute atomic E-state index is 13.9. The third kappa shape index (κ3) is 5.15. The maximum atomic E-state index is 13.9. The molecule has 0 bridgehead atoms. The Bertz CT molecular complexity index is 1490. The van der Waals surface area contributed by atoms with Crippen LogP contribution < -0.4 is 4.90 Å². The summed E-state index contributed by atoms with van der Waals surface area (Å²) in [4.78, 5) is 20.2. The average molecular weight is 544 g/mol. The lowest BCUT2D eigenvalue weighted by atomic mass is 9.98. The summed E-state index contributed by atoms with van der Waals surface area (Å²) in [6, 6.07) is 19.9. The van der Waals surface area contributed by atoms with Crippen molar-refractivity contribution < 1.29 is 17.6 Å². The molecule has 3 aromatic carbocycles. The SMILES string of the molecule is O=C(C1CCCN(S(=O)(=O)c2ccc(Cl)cc2)C1)N(Cc1ccccc1)c1nc2ccc(F)cc2s1. The minimum atomic E-state index is -3.77. The lowest BCUT2D eigenvalue weighted by Crippen LogP contribution is -2.46. The van der Waals surface area contributed by atoms with E-state index in [1.54, 1.807) is 23.1 Å². The Balaban J connectivity index is 1.44. The number of halogens is 2. The Kier molecular flexibility index (Phi) is 7.07. The largest absolute Gasteiger partial charge is 0.283 e. The zero-order valence-corrected chi connectivity index (χ0v) is 21.6. The molecule has 6 nitrogen and oxygen atoms in total. The van der Waals surface area contributed by atoms with Crippen LogP contribution in [-0.4, -0.2) is 36.7 Å². The van der Waals surface area contributed by atoms with Crippen molar-refractivity contribution in [2.75, 3.05) is 18.0 Å². The number of sulfonamides is 1. The molecule has 0 spiro atoms. The quantitative estimate of drug-likeness (QED) is 0.312. The fraction of sp³-hybridized carbons (Fsp3) is 0.231. The molecule has 4 aromatic rings. The Morgan fingerprint density at radius 1 is 1.11 bits per heavy atom. The number of fused-ring (bicyclic) bond motifs is 1. The lowest BCUT2D eigenvalue weighted by molar-refractivity contribution is -0.123. The third-order valence-corrected chi connectivity index (χ3v) is 9.38. The average Bonchev–Trinajstić information content (AvgIpc) is 3.31. The first kappa shape index (κ1) is 24.8. The number of rotatable bonds is 6.